The highest BCUT2D eigenvalue weighted by Crippen LogP contribution is 2.32. The number of hydrogen-bond donors (Lipinski definition) is 0. The van der Waals surface area contributed by atoms with Crippen LogP contribution in [0.5, 0.6) is 0 Å². The Labute approximate surface area is 211 Å². The van der Waals surface area contributed by atoms with Gasteiger partial charge >= 0.3 is 0 Å². The minimum absolute atomic E-state index is 0.0926. The lowest BCUT2D eigenvalue weighted by molar-refractivity contribution is 0.0979. The first-order valence-electron chi connectivity index (χ1n) is 10.6. The smallest absolute Gasteiger partial charge is 0.279 e. The maximum Gasteiger partial charge on any atom is 0.279 e. The molecule has 0 saturated carbocycles. The van der Waals surface area contributed by atoms with Crippen molar-refractivity contribution in [3.63, 3.8) is 0 Å². The lowest BCUT2D eigenvalue weighted by Crippen LogP contribution is -2.34. The van der Waals surface area contributed by atoms with Crippen molar-refractivity contribution in [2.24, 2.45) is 4.99 Å². The molecule has 1 aliphatic rings. The van der Waals surface area contributed by atoms with E-state index in [1.54, 1.807) is 22.8 Å². The summed E-state index contributed by atoms with van der Waals surface area (Å²) in [5.74, 6) is -0.506. The third kappa shape index (κ3) is 5.00. The van der Waals surface area contributed by atoms with E-state index in [1.807, 2.05) is 0 Å². The highest BCUT2D eigenvalue weighted by Gasteiger charge is 2.26. The molecule has 2 heterocycles. The monoisotopic (exact) mass is 539 g/mol. The number of thiazole rings is 1. The van der Waals surface area contributed by atoms with Crippen molar-refractivity contribution >= 4 is 60.7 Å². The van der Waals surface area contributed by atoms with Gasteiger partial charge in [0, 0.05) is 32.3 Å². The van der Waals surface area contributed by atoms with Gasteiger partial charge in [-0.25, -0.2) is 8.42 Å². The number of aromatic nitrogens is 1. The van der Waals surface area contributed by atoms with Crippen molar-refractivity contribution < 1.29 is 17.9 Å². The van der Waals surface area contributed by atoms with Gasteiger partial charge in [-0.05, 0) is 49.2 Å². The number of hydrogen-bond acceptors (Lipinski definition) is 5. The Morgan fingerprint density at radius 2 is 1.97 bits per heavy atom. The quantitative estimate of drug-likeness (QED) is 0.406. The summed E-state index contributed by atoms with van der Waals surface area (Å²) in [4.78, 5) is 17.7. The largest absolute Gasteiger partial charge is 0.377 e. The normalized spacial score (nSPS) is 17.1. The van der Waals surface area contributed by atoms with Crippen LogP contribution >= 0.6 is 34.5 Å². The molecule has 11 heteroatoms. The van der Waals surface area contributed by atoms with Crippen LogP contribution < -0.4 is 4.80 Å². The van der Waals surface area contributed by atoms with Crippen molar-refractivity contribution in [1.82, 2.24) is 8.87 Å². The highest BCUT2D eigenvalue weighted by atomic mass is 35.5. The van der Waals surface area contributed by atoms with Gasteiger partial charge in [-0.15, -0.1) is 6.58 Å². The maximum atomic E-state index is 12.9. The summed E-state index contributed by atoms with van der Waals surface area (Å²) in [6.45, 7) is 5.10. The highest BCUT2D eigenvalue weighted by molar-refractivity contribution is 7.89. The number of halogens is 2. The average molecular weight is 540 g/mol. The molecule has 34 heavy (non-hydrogen) atoms. The van der Waals surface area contributed by atoms with Gasteiger partial charge in [-0.1, -0.05) is 40.6 Å². The Kier molecular flexibility index (Phi) is 7.61. The molecule has 1 unspecified atom stereocenters. The van der Waals surface area contributed by atoms with Gasteiger partial charge in [0.05, 0.1) is 31.3 Å². The van der Waals surface area contributed by atoms with Gasteiger partial charge in [0.15, 0.2) is 4.80 Å². The van der Waals surface area contributed by atoms with Crippen LogP contribution in [-0.2, 0) is 21.3 Å². The Hall–Kier alpha value is -2.01. The fourth-order valence-corrected chi connectivity index (χ4v) is 6.62. The average Bonchev–Trinajstić information content (AvgIpc) is 3.45. The van der Waals surface area contributed by atoms with Gasteiger partial charge in [0.1, 0.15) is 0 Å². The first kappa shape index (κ1) is 25.1. The molecule has 7 nitrogen and oxygen atoms in total. The van der Waals surface area contributed by atoms with E-state index in [9.17, 15) is 13.2 Å². The standard InChI is InChI=1S/C23H23Cl2N3O4S2/c1-3-12-28-20-18(24)10-11-19(25)21(20)33-23(28)26-22(29)15-6-8-17(9-7-15)34(30,31)27(2)14-16-5-4-13-32-16/h3,6-11,16H,1,4-5,12-14H2,2H3. The Morgan fingerprint density at radius 3 is 2.62 bits per heavy atom. The van der Waals surface area contributed by atoms with Crippen molar-refractivity contribution in [3.8, 4) is 0 Å². The number of sulfonamides is 1. The SMILES string of the molecule is C=CCn1c(=NC(=O)c2ccc(S(=O)(=O)N(C)CC3CCCO3)cc2)sc2c(Cl)ccc(Cl)c21. The van der Waals surface area contributed by atoms with Crippen LogP contribution in [0.1, 0.15) is 23.2 Å². The number of amides is 1. The number of carbonyl (C=O) groups is 1. The number of carbonyl (C=O) groups excluding carboxylic acids is 1. The fourth-order valence-electron chi connectivity index (χ4n) is 3.77. The molecule has 0 N–H and O–H groups in total. The van der Waals surface area contributed by atoms with E-state index < -0.39 is 15.9 Å². The predicted molar refractivity (Wildman–Crippen MR) is 135 cm³/mol. The van der Waals surface area contributed by atoms with Crippen LogP contribution in [0.15, 0.2) is 58.9 Å². The zero-order valence-electron chi connectivity index (χ0n) is 18.4. The number of rotatable bonds is 7. The van der Waals surface area contributed by atoms with Gasteiger partial charge in [0.25, 0.3) is 5.91 Å². The molecular formula is C23H23Cl2N3O4S2. The van der Waals surface area contributed by atoms with Crippen molar-refractivity contribution in [1.29, 1.82) is 0 Å². The first-order valence-corrected chi connectivity index (χ1v) is 13.6. The second-order valence-corrected chi connectivity index (χ2v) is 11.7. The van der Waals surface area contributed by atoms with Crippen molar-refractivity contribution in [2.75, 3.05) is 20.2 Å². The van der Waals surface area contributed by atoms with Gasteiger partial charge in [-0.2, -0.15) is 9.30 Å². The van der Waals surface area contributed by atoms with Crippen LogP contribution in [-0.4, -0.2) is 49.5 Å². The minimum Gasteiger partial charge on any atom is -0.377 e. The maximum absolute atomic E-state index is 12.9. The number of allylic oxidation sites excluding steroid dienone is 1. The van der Waals surface area contributed by atoms with E-state index in [0.717, 1.165) is 17.5 Å². The molecule has 0 radical (unpaired) electrons. The summed E-state index contributed by atoms with van der Waals surface area (Å²) in [6.07, 6.45) is 3.36. The summed E-state index contributed by atoms with van der Waals surface area (Å²) in [5.41, 5.74) is 0.946. The van der Waals surface area contributed by atoms with Gasteiger partial charge in [0.2, 0.25) is 10.0 Å². The molecule has 1 saturated heterocycles. The molecule has 0 aliphatic carbocycles. The van der Waals surface area contributed by atoms with E-state index in [0.29, 0.717) is 40.1 Å². The summed E-state index contributed by atoms with van der Waals surface area (Å²) in [7, 11) is -2.17. The molecule has 3 aromatic rings. The van der Waals surface area contributed by atoms with Crippen LogP contribution in [0.3, 0.4) is 0 Å². The topological polar surface area (TPSA) is 81.0 Å². The number of likely N-dealkylation sites (N-methyl/N-ethyl adjacent to an activating group) is 1. The van der Waals surface area contributed by atoms with E-state index in [1.165, 1.54) is 47.0 Å². The van der Waals surface area contributed by atoms with Crippen molar-refractivity contribution in [3.05, 3.63) is 69.5 Å². The minimum atomic E-state index is -3.70. The number of fused-ring (bicyclic) bond motifs is 1. The number of ether oxygens (including phenoxy) is 1. The summed E-state index contributed by atoms with van der Waals surface area (Å²) < 4.78 is 35.1. The molecular weight excluding hydrogens is 517 g/mol. The zero-order valence-corrected chi connectivity index (χ0v) is 21.6. The van der Waals surface area contributed by atoms with E-state index in [-0.39, 0.29) is 16.6 Å². The number of benzene rings is 2. The summed E-state index contributed by atoms with van der Waals surface area (Å²) >= 11 is 13.9. The molecule has 0 spiro atoms. The van der Waals surface area contributed by atoms with E-state index in [2.05, 4.69) is 11.6 Å². The second-order valence-electron chi connectivity index (χ2n) is 7.85. The zero-order chi connectivity index (χ0) is 24.5. The van der Waals surface area contributed by atoms with E-state index >= 15 is 0 Å². The molecule has 1 atom stereocenters. The fraction of sp³-hybridized carbons (Fsp3) is 0.304. The predicted octanol–water partition coefficient (Wildman–Crippen LogP) is 4.74. The third-order valence-corrected chi connectivity index (χ3v) is 9.21. The number of nitrogens with zero attached hydrogens (tertiary/aromatic N) is 3. The van der Waals surface area contributed by atoms with Crippen LogP contribution in [0.25, 0.3) is 10.2 Å². The Bertz CT molecular complexity index is 1410. The first-order chi connectivity index (χ1) is 16.2. The van der Waals surface area contributed by atoms with Crippen LogP contribution in [0.2, 0.25) is 10.0 Å². The van der Waals surface area contributed by atoms with Crippen LogP contribution in [0, 0.1) is 0 Å². The third-order valence-electron chi connectivity index (χ3n) is 5.53. The Morgan fingerprint density at radius 1 is 1.26 bits per heavy atom. The van der Waals surface area contributed by atoms with Crippen LogP contribution in [0.4, 0.5) is 0 Å². The summed E-state index contributed by atoms with van der Waals surface area (Å²) in [5, 5.41) is 1.01. The lowest BCUT2D eigenvalue weighted by Gasteiger charge is -2.20. The molecule has 1 fully saturated rings. The lowest BCUT2D eigenvalue weighted by atomic mass is 10.2. The van der Waals surface area contributed by atoms with E-state index in [4.69, 9.17) is 27.9 Å². The second kappa shape index (κ2) is 10.3. The Balaban J connectivity index is 1.63. The molecule has 0 bridgehead atoms. The van der Waals surface area contributed by atoms with Gasteiger partial charge in [-0.3, -0.25) is 4.79 Å². The van der Waals surface area contributed by atoms with Gasteiger partial charge < -0.3 is 9.30 Å². The molecule has 180 valence electrons. The van der Waals surface area contributed by atoms with Crippen molar-refractivity contribution in [2.45, 2.75) is 30.4 Å². The molecule has 4 rings (SSSR count). The molecule has 2 aromatic carbocycles. The molecule has 1 aliphatic heterocycles. The molecule has 1 aromatic heterocycles. The summed E-state index contributed by atoms with van der Waals surface area (Å²) in [6, 6.07) is 9.15. The molecule has 1 amide bonds.